The zero-order valence-corrected chi connectivity index (χ0v) is 8.58. The first-order chi connectivity index (χ1) is 6.92. The Morgan fingerprint density at radius 1 is 1.53 bits per heavy atom. The molecule has 1 saturated carbocycles. The van der Waals surface area contributed by atoms with E-state index in [2.05, 4.69) is 9.47 Å². The molecule has 0 amide bonds. The Labute approximate surface area is 86.2 Å². The van der Waals surface area contributed by atoms with E-state index in [1.807, 2.05) is 0 Å². The highest BCUT2D eigenvalue weighted by Gasteiger charge is 2.78. The molecule has 1 rings (SSSR count). The van der Waals surface area contributed by atoms with Crippen molar-refractivity contribution in [2.45, 2.75) is 31.5 Å². The number of hydrogen-bond donors (Lipinski definition) is 1. The number of carbonyl (C=O) groups is 2. The zero-order chi connectivity index (χ0) is 11.7. The van der Waals surface area contributed by atoms with Crippen molar-refractivity contribution in [3.63, 3.8) is 0 Å². The molecule has 1 N–H and O–H groups in total. The van der Waals surface area contributed by atoms with Crippen molar-refractivity contribution in [3.8, 4) is 0 Å². The van der Waals surface area contributed by atoms with Crippen LogP contribution in [0.15, 0.2) is 0 Å². The molecule has 0 radical (unpaired) electrons. The molecule has 1 aliphatic carbocycles. The highest BCUT2D eigenvalue weighted by molar-refractivity contribution is 5.89. The molecule has 1 fully saturated rings. The van der Waals surface area contributed by atoms with Crippen molar-refractivity contribution in [1.82, 2.24) is 0 Å². The third kappa shape index (κ3) is 1.81. The van der Waals surface area contributed by atoms with Crippen molar-refractivity contribution in [3.05, 3.63) is 0 Å². The molecular weight excluding hydrogens is 207 g/mol. The summed E-state index contributed by atoms with van der Waals surface area (Å²) in [6.07, 6.45) is -0.352. The standard InChI is InChI=1S/C9H13FO5/c1-3-14-7(13)9(15-6(2)12)4-8(9,10)5-11/h11H,3-5H2,1-2H3/t8-,9+/m0/s1. The van der Waals surface area contributed by atoms with E-state index in [1.165, 1.54) is 0 Å². The fourth-order valence-corrected chi connectivity index (χ4v) is 1.45. The van der Waals surface area contributed by atoms with Crippen molar-refractivity contribution < 1.29 is 28.6 Å². The Hall–Kier alpha value is -1.17. The molecule has 0 aromatic rings. The van der Waals surface area contributed by atoms with E-state index in [1.54, 1.807) is 6.92 Å². The van der Waals surface area contributed by atoms with Gasteiger partial charge in [-0.15, -0.1) is 0 Å². The van der Waals surface area contributed by atoms with Crippen LogP contribution in [0.4, 0.5) is 4.39 Å². The van der Waals surface area contributed by atoms with Crippen LogP contribution in [0.5, 0.6) is 0 Å². The van der Waals surface area contributed by atoms with Crippen LogP contribution < -0.4 is 0 Å². The molecule has 0 unspecified atom stereocenters. The molecule has 0 spiro atoms. The lowest BCUT2D eigenvalue weighted by Crippen LogP contribution is -2.39. The Morgan fingerprint density at radius 3 is 2.47 bits per heavy atom. The van der Waals surface area contributed by atoms with Gasteiger partial charge in [0.05, 0.1) is 13.2 Å². The Balaban J connectivity index is 2.82. The van der Waals surface area contributed by atoms with Gasteiger partial charge in [-0.3, -0.25) is 4.79 Å². The number of carbonyl (C=O) groups excluding carboxylic acids is 2. The fraction of sp³-hybridized carbons (Fsp3) is 0.778. The van der Waals surface area contributed by atoms with Crippen molar-refractivity contribution in [2.24, 2.45) is 0 Å². The summed E-state index contributed by atoms with van der Waals surface area (Å²) in [5.41, 5.74) is -4.14. The number of rotatable bonds is 4. The highest BCUT2D eigenvalue weighted by Crippen LogP contribution is 2.54. The summed E-state index contributed by atoms with van der Waals surface area (Å²) in [5.74, 6) is -1.73. The molecule has 0 aromatic heterocycles. The van der Waals surface area contributed by atoms with E-state index in [0.29, 0.717) is 0 Å². The first-order valence-electron chi connectivity index (χ1n) is 4.58. The Morgan fingerprint density at radius 2 is 2.13 bits per heavy atom. The van der Waals surface area contributed by atoms with Crippen LogP contribution in [0.2, 0.25) is 0 Å². The second-order valence-corrected chi connectivity index (χ2v) is 3.44. The van der Waals surface area contributed by atoms with Gasteiger partial charge in [0.25, 0.3) is 0 Å². The van der Waals surface area contributed by atoms with Crippen LogP contribution >= 0.6 is 0 Å². The van der Waals surface area contributed by atoms with Crippen molar-refractivity contribution in [2.75, 3.05) is 13.2 Å². The lowest BCUT2D eigenvalue weighted by molar-refractivity contribution is -0.174. The van der Waals surface area contributed by atoms with E-state index in [-0.39, 0.29) is 13.0 Å². The summed E-state index contributed by atoms with van der Waals surface area (Å²) >= 11 is 0. The van der Waals surface area contributed by atoms with E-state index >= 15 is 0 Å². The van der Waals surface area contributed by atoms with Gasteiger partial charge < -0.3 is 14.6 Å². The topological polar surface area (TPSA) is 72.8 Å². The van der Waals surface area contributed by atoms with Gasteiger partial charge in [-0.05, 0) is 6.92 Å². The number of aliphatic hydroxyl groups is 1. The molecule has 0 aromatic carbocycles. The Bertz CT molecular complexity index is 292. The predicted octanol–water partition coefficient (Wildman–Crippen LogP) is -0.0443. The average Bonchev–Trinajstić information content (AvgIpc) is 2.73. The number of aliphatic hydroxyl groups excluding tert-OH is 1. The predicted molar refractivity (Wildman–Crippen MR) is 46.7 cm³/mol. The smallest absolute Gasteiger partial charge is 0.354 e. The summed E-state index contributed by atoms with van der Waals surface area (Å²) in [4.78, 5) is 22.1. The van der Waals surface area contributed by atoms with Crippen LogP contribution in [-0.2, 0) is 19.1 Å². The van der Waals surface area contributed by atoms with Gasteiger partial charge in [0.1, 0.15) is 0 Å². The molecule has 5 nitrogen and oxygen atoms in total. The number of halogens is 1. The third-order valence-electron chi connectivity index (χ3n) is 2.30. The highest BCUT2D eigenvalue weighted by atomic mass is 19.1. The fourth-order valence-electron chi connectivity index (χ4n) is 1.45. The molecule has 15 heavy (non-hydrogen) atoms. The molecule has 6 heteroatoms. The SMILES string of the molecule is CCOC(=O)[C@]1(OC(C)=O)C[C@]1(F)CO. The maximum absolute atomic E-state index is 13.7. The van der Waals surface area contributed by atoms with Crippen LogP contribution in [0.25, 0.3) is 0 Å². The molecule has 0 bridgehead atoms. The second kappa shape index (κ2) is 3.77. The van der Waals surface area contributed by atoms with Gasteiger partial charge in [-0.2, -0.15) is 0 Å². The van der Waals surface area contributed by atoms with Gasteiger partial charge >= 0.3 is 11.9 Å². The maximum atomic E-state index is 13.7. The van der Waals surface area contributed by atoms with Crippen LogP contribution in [-0.4, -0.2) is 41.5 Å². The van der Waals surface area contributed by atoms with Crippen LogP contribution in [0, 0.1) is 0 Å². The monoisotopic (exact) mass is 220 g/mol. The minimum absolute atomic E-state index is 0.0589. The van der Waals surface area contributed by atoms with Gasteiger partial charge in [-0.1, -0.05) is 0 Å². The van der Waals surface area contributed by atoms with Crippen LogP contribution in [0.3, 0.4) is 0 Å². The van der Waals surface area contributed by atoms with E-state index in [0.717, 1.165) is 6.92 Å². The first kappa shape index (κ1) is 11.9. The van der Waals surface area contributed by atoms with E-state index in [9.17, 15) is 14.0 Å². The molecule has 2 atom stereocenters. The van der Waals surface area contributed by atoms with Crippen molar-refractivity contribution >= 4 is 11.9 Å². The van der Waals surface area contributed by atoms with E-state index < -0.39 is 29.8 Å². The minimum Gasteiger partial charge on any atom is -0.463 e. The Kier molecular flexibility index (Phi) is 2.99. The largest absolute Gasteiger partial charge is 0.463 e. The minimum atomic E-state index is -2.20. The summed E-state index contributed by atoms with van der Waals surface area (Å²) in [5, 5.41) is 8.76. The molecule has 1 aliphatic rings. The lowest BCUT2D eigenvalue weighted by Gasteiger charge is -2.17. The summed E-state index contributed by atoms with van der Waals surface area (Å²) in [6.45, 7) is 1.81. The van der Waals surface area contributed by atoms with Crippen molar-refractivity contribution in [1.29, 1.82) is 0 Å². The maximum Gasteiger partial charge on any atom is 0.354 e. The van der Waals surface area contributed by atoms with Gasteiger partial charge in [0.2, 0.25) is 5.60 Å². The van der Waals surface area contributed by atoms with E-state index in [4.69, 9.17) is 5.11 Å². The molecule has 0 saturated heterocycles. The molecule has 0 aliphatic heterocycles. The summed E-state index contributed by atoms with van der Waals surface area (Å²) in [7, 11) is 0. The zero-order valence-electron chi connectivity index (χ0n) is 8.58. The second-order valence-electron chi connectivity index (χ2n) is 3.44. The number of ether oxygens (including phenoxy) is 2. The number of esters is 2. The van der Waals surface area contributed by atoms with Gasteiger partial charge in [-0.25, -0.2) is 9.18 Å². The number of hydrogen-bond acceptors (Lipinski definition) is 5. The third-order valence-corrected chi connectivity index (χ3v) is 2.30. The summed E-state index contributed by atoms with van der Waals surface area (Å²) in [6, 6.07) is 0. The molecular formula is C9H13FO5. The summed E-state index contributed by atoms with van der Waals surface area (Å²) < 4.78 is 22.9. The normalized spacial score (nSPS) is 33.3. The van der Waals surface area contributed by atoms with Crippen LogP contribution in [0.1, 0.15) is 20.3 Å². The van der Waals surface area contributed by atoms with Gasteiger partial charge in [0, 0.05) is 13.3 Å². The quantitative estimate of drug-likeness (QED) is 0.673. The molecule has 0 heterocycles. The number of alkyl halides is 1. The molecule has 86 valence electrons. The first-order valence-corrected chi connectivity index (χ1v) is 4.58. The van der Waals surface area contributed by atoms with Gasteiger partial charge in [0.15, 0.2) is 5.67 Å². The lowest BCUT2D eigenvalue weighted by atomic mass is 10.2. The average molecular weight is 220 g/mol.